The molecule has 1 aliphatic heterocycles. The number of anilines is 3. The van der Waals surface area contributed by atoms with Crippen molar-refractivity contribution in [2.45, 2.75) is 19.3 Å². The highest BCUT2D eigenvalue weighted by Crippen LogP contribution is 2.67. The molecule has 1 aliphatic carbocycles. The maximum atomic E-state index is 5.44. The van der Waals surface area contributed by atoms with E-state index in [-0.39, 0.29) is 0 Å². The molecular formula is C61H41N5S2. The number of hydrogen-bond acceptors (Lipinski definition) is 7. The summed E-state index contributed by atoms with van der Waals surface area (Å²) in [7, 11) is 0. The van der Waals surface area contributed by atoms with E-state index < -0.39 is 5.41 Å². The summed E-state index contributed by atoms with van der Waals surface area (Å²) in [6, 6.07) is 71.9. The fraction of sp³-hybridized carbons (Fsp3) is 0.0492. The average molecular weight is 908 g/mol. The van der Waals surface area contributed by atoms with E-state index in [9.17, 15) is 0 Å². The molecule has 2 aliphatic rings. The average Bonchev–Trinajstić information content (AvgIpc) is 4.10. The quantitative estimate of drug-likeness (QED) is 0.159. The van der Waals surface area contributed by atoms with E-state index in [0.29, 0.717) is 17.6 Å². The summed E-state index contributed by atoms with van der Waals surface area (Å²) in [5.41, 5.74) is 17.7. The molecule has 7 heteroatoms. The molecule has 0 radical (unpaired) electrons. The summed E-state index contributed by atoms with van der Waals surface area (Å²) in [5.74, 6) is 1.77. The molecule has 0 unspecified atom stereocenters. The Bertz CT molecular complexity index is 3470. The molecule has 13 rings (SSSR count). The van der Waals surface area contributed by atoms with Crippen molar-refractivity contribution in [3.8, 4) is 75.7 Å². The Morgan fingerprint density at radius 3 is 1.37 bits per heavy atom. The third-order valence-electron chi connectivity index (χ3n) is 13.6. The molecule has 68 heavy (non-hydrogen) atoms. The van der Waals surface area contributed by atoms with E-state index in [1.165, 1.54) is 69.6 Å². The standard InChI is InChI=1S/C61H41N5S2/c1-38-15-6-8-20-46(38)40-26-30-43(31-27-40)58-63-59(44-32-28-41(29-33-44)47-21-9-7-16-39(47)2)65-60(64-58)66-52-24-12-10-22-48(52)61(49-23-11-13-25-53(49)66)50-35-54(42-17-4-3-5-18-42)67-56(50)57-51(61)36-55(68-57)45-19-14-34-62-37-45/h3-37H,1-2H3. The van der Waals surface area contributed by atoms with Gasteiger partial charge in [-0.1, -0.05) is 170 Å². The lowest BCUT2D eigenvalue weighted by Crippen LogP contribution is -2.36. The summed E-state index contributed by atoms with van der Waals surface area (Å²) in [5, 5.41) is 0. The first-order chi connectivity index (χ1) is 33.5. The second-order valence-electron chi connectivity index (χ2n) is 17.5. The van der Waals surface area contributed by atoms with Crippen LogP contribution in [0.1, 0.15) is 33.4 Å². The van der Waals surface area contributed by atoms with Gasteiger partial charge in [0, 0.05) is 38.8 Å². The molecule has 11 aromatic rings. The summed E-state index contributed by atoms with van der Waals surface area (Å²) < 4.78 is 0. The predicted octanol–water partition coefficient (Wildman–Crippen LogP) is 16.2. The van der Waals surface area contributed by atoms with Gasteiger partial charge in [-0.15, -0.1) is 22.7 Å². The van der Waals surface area contributed by atoms with Gasteiger partial charge in [0.15, 0.2) is 11.6 Å². The lowest BCUT2D eigenvalue weighted by Gasteiger charge is -2.43. The van der Waals surface area contributed by atoms with E-state index in [2.05, 4.69) is 218 Å². The Balaban J connectivity index is 1.02. The molecule has 1 spiro atoms. The number of para-hydroxylation sites is 2. The first kappa shape index (κ1) is 40.2. The Morgan fingerprint density at radius 1 is 0.397 bits per heavy atom. The van der Waals surface area contributed by atoms with Crippen LogP contribution in [0, 0.1) is 13.8 Å². The number of aryl methyl sites for hydroxylation is 2. The molecule has 0 fully saturated rings. The number of fused-ring (bicyclic) bond motifs is 9. The van der Waals surface area contributed by atoms with E-state index >= 15 is 0 Å². The van der Waals surface area contributed by atoms with E-state index in [0.717, 1.165) is 39.2 Å². The predicted molar refractivity (Wildman–Crippen MR) is 281 cm³/mol. The summed E-state index contributed by atoms with van der Waals surface area (Å²) in [6.07, 6.45) is 3.82. The minimum atomic E-state index is -0.621. The highest BCUT2D eigenvalue weighted by atomic mass is 32.1. The Hall–Kier alpha value is -8.10. The van der Waals surface area contributed by atoms with Crippen molar-refractivity contribution in [1.29, 1.82) is 0 Å². The molecule has 7 aromatic carbocycles. The zero-order valence-electron chi connectivity index (χ0n) is 37.3. The molecule has 0 atom stereocenters. The van der Waals surface area contributed by atoms with Gasteiger partial charge in [0.05, 0.1) is 26.5 Å². The Labute approximate surface area is 403 Å². The number of nitrogens with zero attached hydrogens (tertiary/aromatic N) is 5. The molecule has 0 saturated carbocycles. The zero-order chi connectivity index (χ0) is 45.3. The number of aromatic nitrogens is 4. The molecule has 5 heterocycles. The van der Waals surface area contributed by atoms with Crippen LogP contribution in [0.4, 0.5) is 17.3 Å². The molecule has 322 valence electrons. The second kappa shape index (κ2) is 16.1. The number of hydrogen-bond donors (Lipinski definition) is 0. The van der Waals surface area contributed by atoms with Gasteiger partial charge in [-0.25, -0.2) is 4.98 Å². The molecular weight excluding hydrogens is 867 g/mol. The summed E-state index contributed by atoms with van der Waals surface area (Å²) >= 11 is 3.75. The smallest absolute Gasteiger partial charge is 0.238 e. The van der Waals surface area contributed by atoms with Crippen LogP contribution >= 0.6 is 22.7 Å². The highest BCUT2D eigenvalue weighted by molar-refractivity contribution is 7.25. The van der Waals surface area contributed by atoms with Gasteiger partial charge < -0.3 is 0 Å². The maximum Gasteiger partial charge on any atom is 0.238 e. The maximum absolute atomic E-state index is 5.44. The molecule has 4 aromatic heterocycles. The first-order valence-corrected chi connectivity index (χ1v) is 24.5. The number of benzene rings is 7. The van der Waals surface area contributed by atoms with Crippen molar-refractivity contribution in [3.05, 3.63) is 246 Å². The molecule has 5 nitrogen and oxygen atoms in total. The van der Waals surface area contributed by atoms with E-state index in [1.807, 2.05) is 41.1 Å². The number of rotatable bonds is 7. The molecule has 0 N–H and O–H groups in total. The topological polar surface area (TPSA) is 54.8 Å². The normalized spacial score (nSPS) is 12.9. The highest BCUT2D eigenvalue weighted by Gasteiger charge is 2.54. The van der Waals surface area contributed by atoms with Crippen LogP contribution in [0.25, 0.3) is 75.7 Å². The second-order valence-corrected chi connectivity index (χ2v) is 19.6. The minimum Gasteiger partial charge on any atom is -0.278 e. The van der Waals surface area contributed by atoms with Crippen LogP contribution in [0.15, 0.2) is 213 Å². The van der Waals surface area contributed by atoms with E-state index in [4.69, 9.17) is 15.0 Å². The van der Waals surface area contributed by atoms with Gasteiger partial charge >= 0.3 is 0 Å². The zero-order valence-corrected chi connectivity index (χ0v) is 38.9. The van der Waals surface area contributed by atoms with Gasteiger partial charge in [-0.3, -0.25) is 9.88 Å². The fourth-order valence-corrected chi connectivity index (χ4v) is 13.0. The van der Waals surface area contributed by atoms with Crippen LogP contribution in [-0.4, -0.2) is 19.9 Å². The van der Waals surface area contributed by atoms with Crippen molar-refractivity contribution in [1.82, 2.24) is 19.9 Å². The van der Waals surface area contributed by atoms with Gasteiger partial charge in [0.2, 0.25) is 5.95 Å². The van der Waals surface area contributed by atoms with Gasteiger partial charge in [0.25, 0.3) is 0 Å². The third-order valence-corrected chi connectivity index (χ3v) is 16.1. The molecule has 0 bridgehead atoms. The lowest BCUT2D eigenvalue weighted by molar-refractivity contribution is 0.753. The van der Waals surface area contributed by atoms with Crippen LogP contribution in [0.2, 0.25) is 0 Å². The van der Waals surface area contributed by atoms with Gasteiger partial charge in [-0.05, 0) is 105 Å². The third kappa shape index (κ3) is 6.34. The van der Waals surface area contributed by atoms with Crippen molar-refractivity contribution >= 4 is 40.0 Å². The molecule has 0 saturated heterocycles. The van der Waals surface area contributed by atoms with Crippen molar-refractivity contribution in [2.24, 2.45) is 0 Å². The van der Waals surface area contributed by atoms with Crippen molar-refractivity contribution in [3.63, 3.8) is 0 Å². The summed E-state index contributed by atoms with van der Waals surface area (Å²) in [6.45, 7) is 4.31. The summed E-state index contributed by atoms with van der Waals surface area (Å²) in [4.78, 5) is 28.0. The van der Waals surface area contributed by atoms with Crippen LogP contribution in [-0.2, 0) is 5.41 Å². The lowest BCUT2D eigenvalue weighted by atomic mass is 9.65. The Morgan fingerprint density at radius 2 is 0.853 bits per heavy atom. The number of pyridine rings is 1. The monoisotopic (exact) mass is 907 g/mol. The van der Waals surface area contributed by atoms with Gasteiger partial charge in [0.1, 0.15) is 0 Å². The fourth-order valence-electron chi connectivity index (χ4n) is 10.4. The number of thiophene rings is 2. The largest absolute Gasteiger partial charge is 0.278 e. The molecule has 0 amide bonds. The van der Waals surface area contributed by atoms with Crippen LogP contribution in [0.5, 0.6) is 0 Å². The van der Waals surface area contributed by atoms with Crippen LogP contribution < -0.4 is 4.90 Å². The van der Waals surface area contributed by atoms with Crippen molar-refractivity contribution < 1.29 is 0 Å². The first-order valence-electron chi connectivity index (χ1n) is 22.9. The van der Waals surface area contributed by atoms with Gasteiger partial charge in [-0.2, -0.15) is 9.97 Å². The SMILES string of the molecule is Cc1ccccc1-c1ccc(-c2nc(-c3ccc(-c4ccccc4C)cc3)nc(N3c4ccccc4C4(c5ccccc53)c3cc(-c5ccccc5)sc3-c3sc(-c5cccnc5)cc34)n2)cc1. The Kier molecular flexibility index (Phi) is 9.49. The van der Waals surface area contributed by atoms with Crippen LogP contribution in [0.3, 0.4) is 0 Å². The van der Waals surface area contributed by atoms with E-state index in [1.54, 1.807) is 0 Å². The van der Waals surface area contributed by atoms with Crippen molar-refractivity contribution in [2.75, 3.05) is 4.90 Å². The minimum absolute atomic E-state index is 0.556.